The number of hydrogen-bond donors (Lipinski definition) is 1. The van der Waals surface area contributed by atoms with Gasteiger partial charge in [-0.1, -0.05) is 12.1 Å². The number of thiocarbonyl (C=S) groups is 1. The van der Waals surface area contributed by atoms with E-state index in [0.717, 1.165) is 5.56 Å². The van der Waals surface area contributed by atoms with Crippen molar-refractivity contribution in [2.75, 3.05) is 14.2 Å². The minimum atomic E-state index is -0.482. The van der Waals surface area contributed by atoms with Gasteiger partial charge in [-0.25, -0.2) is 0 Å². The van der Waals surface area contributed by atoms with Crippen molar-refractivity contribution in [2.45, 2.75) is 0 Å². The largest absolute Gasteiger partial charge is 0.497 e. The fourth-order valence-electron chi connectivity index (χ4n) is 1.61. The van der Waals surface area contributed by atoms with Gasteiger partial charge in [0, 0.05) is 7.05 Å². The maximum absolute atomic E-state index is 12.0. The first kappa shape index (κ1) is 13.2. The summed E-state index contributed by atoms with van der Waals surface area (Å²) in [6.45, 7) is 0. The number of ether oxygens (including phenoxy) is 1. The van der Waals surface area contributed by atoms with Gasteiger partial charge in [-0.3, -0.25) is 19.8 Å². The van der Waals surface area contributed by atoms with Gasteiger partial charge in [0.2, 0.25) is 0 Å². The number of carbonyl (C=O) groups excluding carboxylic acids is 2. The smallest absolute Gasteiger partial charge is 0.265 e. The zero-order valence-electron chi connectivity index (χ0n) is 10.5. The summed E-state index contributed by atoms with van der Waals surface area (Å²) in [6.07, 6.45) is 1.52. The van der Waals surface area contributed by atoms with E-state index in [1.807, 2.05) is 0 Å². The van der Waals surface area contributed by atoms with Crippen molar-refractivity contribution in [3.8, 4) is 5.75 Å². The molecule has 0 aliphatic carbocycles. The summed E-state index contributed by atoms with van der Waals surface area (Å²) in [4.78, 5) is 24.9. The van der Waals surface area contributed by atoms with E-state index in [2.05, 4.69) is 5.32 Å². The standard InChI is InChI=1S/C13H12N2O3S/c1-15-12(17)10(11(16)14-13(15)19)7-8-3-5-9(18-2)6-4-8/h3-7H,1-2H3,(H,14,16,19)/b10-7+. The van der Waals surface area contributed by atoms with Gasteiger partial charge in [-0.05, 0) is 36.0 Å². The molecule has 1 N–H and O–H groups in total. The number of likely N-dealkylation sites (N-methyl/N-ethyl adjacent to an activating group) is 1. The van der Waals surface area contributed by atoms with Gasteiger partial charge in [-0.15, -0.1) is 0 Å². The van der Waals surface area contributed by atoms with Crippen molar-refractivity contribution in [3.05, 3.63) is 35.4 Å². The summed E-state index contributed by atoms with van der Waals surface area (Å²) < 4.78 is 5.04. The molecule has 2 rings (SSSR count). The lowest BCUT2D eigenvalue weighted by Gasteiger charge is -2.25. The van der Waals surface area contributed by atoms with E-state index in [0.29, 0.717) is 5.75 Å². The molecule has 0 unspecified atom stereocenters. The van der Waals surface area contributed by atoms with Crippen LogP contribution in [-0.2, 0) is 9.59 Å². The van der Waals surface area contributed by atoms with Crippen LogP contribution in [0.4, 0.5) is 0 Å². The van der Waals surface area contributed by atoms with Crippen LogP contribution in [0.3, 0.4) is 0 Å². The van der Waals surface area contributed by atoms with Crippen LogP contribution in [0.2, 0.25) is 0 Å². The number of nitrogens with one attached hydrogen (secondary N) is 1. The van der Waals surface area contributed by atoms with E-state index in [4.69, 9.17) is 17.0 Å². The highest BCUT2D eigenvalue weighted by molar-refractivity contribution is 7.80. The van der Waals surface area contributed by atoms with E-state index >= 15 is 0 Å². The molecule has 19 heavy (non-hydrogen) atoms. The summed E-state index contributed by atoms with van der Waals surface area (Å²) in [7, 11) is 3.09. The van der Waals surface area contributed by atoms with Crippen LogP contribution in [0.25, 0.3) is 6.08 Å². The molecular formula is C13H12N2O3S. The quantitative estimate of drug-likeness (QED) is 0.496. The molecule has 1 heterocycles. The number of nitrogens with zero attached hydrogens (tertiary/aromatic N) is 1. The van der Waals surface area contributed by atoms with Gasteiger partial charge in [-0.2, -0.15) is 0 Å². The lowest BCUT2D eigenvalue weighted by molar-refractivity contribution is -0.128. The maximum Gasteiger partial charge on any atom is 0.265 e. The van der Waals surface area contributed by atoms with Crippen molar-refractivity contribution < 1.29 is 14.3 Å². The van der Waals surface area contributed by atoms with Crippen LogP contribution in [0, 0.1) is 0 Å². The first-order chi connectivity index (χ1) is 9.02. The van der Waals surface area contributed by atoms with Gasteiger partial charge in [0.25, 0.3) is 11.8 Å². The second-order valence-electron chi connectivity index (χ2n) is 3.95. The molecule has 0 aromatic heterocycles. The fraction of sp³-hybridized carbons (Fsp3) is 0.154. The van der Waals surface area contributed by atoms with Crippen LogP contribution in [0.5, 0.6) is 5.75 Å². The monoisotopic (exact) mass is 276 g/mol. The van der Waals surface area contributed by atoms with Gasteiger partial charge < -0.3 is 4.74 Å². The number of hydrogen-bond acceptors (Lipinski definition) is 4. The molecule has 6 heteroatoms. The molecule has 1 aromatic carbocycles. The Kier molecular flexibility index (Phi) is 3.62. The Labute approximate surface area is 115 Å². The Balaban J connectivity index is 2.33. The van der Waals surface area contributed by atoms with Gasteiger partial charge in [0.1, 0.15) is 11.3 Å². The zero-order valence-corrected chi connectivity index (χ0v) is 11.3. The molecule has 5 nitrogen and oxygen atoms in total. The topological polar surface area (TPSA) is 58.6 Å². The predicted octanol–water partition coefficient (Wildman–Crippen LogP) is 0.952. The molecule has 0 saturated carbocycles. The molecule has 98 valence electrons. The van der Waals surface area contributed by atoms with E-state index in [9.17, 15) is 9.59 Å². The van der Waals surface area contributed by atoms with Crippen molar-refractivity contribution in [2.24, 2.45) is 0 Å². The summed E-state index contributed by atoms with van der Waals surface area (Å²) in [6, 6.07) is 7.04. The molecular weight excluding hydrogens is 264 g/mol. The number of methoxy groups -OCH3 is 1. The van der Waals surface area contributed by atoms with Crippen molar-refractivity contribution in [1.82, 2.24) is 10.2 Å². The number of benzene rings is 1. The Morgan fingerprint density at radius 1 is 1.26 bits per heavy atom. The third kappa shape index (κ3) is 2.63. The minimum Gasteiger partial charge on any atom is -0.497 e. The van der Waals surface area contributed by atoms with E-state index in [1.165, 1.54) is 18.0 Å². The predicted molar refractivity (Wildman–Crippen MR) is 74.5 cm³/mol. The van der Waals surface area contributed by atoms with Gasteiger partial charge in [0.05, 0.1) is 7.11 Å². The highest BCUT2D eigenvalue weighted by atomic mass is 32.1. The van der Waals surface area contributed by atoms with Crippen molar-refractivity contribution in [1.29, 1.82) is 0 Å². The third-order valence-electron chi connectivity index (χ3n) is 2.73. The Hall–Kier alpha value is -2.21. The Bertz CT molecular complexity index is 578. The number of rotatable bonds is 2. The fourth-order valence-corrected chi connectivity index (χ4v) is 1.79. The Morgan fingerprint density at radius 2 is 1.89 bits per heavy atom. The van der Waals surface area contributed by atoms with Crippen LogP contribution >= 0.6 is 12.2 Å². The van der Waals surface area contributed by atoms with E-state index in [1.54, 1.807) is 31.4 Å². The van der Waals surface area contributed by atoms with Crippen molar-refractivity contribution in [3.63, 3.8) is 0 Å². The maximum atomic E-state index is 12.0. The molecule has 1 saturated heterocycles. The Morgan fingerprint density at radius 3 is 2.47 bits per heavy atom. The normalized spacial score (nSPS) is 17.7. The second-order valence-corrected chi connectivity index (χ2v) is 4.34. The number of carbonyl (C=O) groups is 2. The van der Waals surface area contributed by atoms with Crippen LogP contribution < -0.4 is 10.1 Å². The molecule has 0 atom stereocenters. The highest BCUT2D eigenvalue weighted by Gasteiger charge is 2.30. The van der Waals surface area contributed by atoms with Crippen LogP contribution in [0.15, 0.2) is 29.8 Å². The molecule has 1 aliphatic rings. The lowest BCUT2D eigenvalue weighted by atomic mass is 10.1. The molecule has 1 fully saturated rings. The summed E-state index contributed by atoms with van der Waals surface area (Å²) >= 11 is 4.86. The highest BCUT2D eigenvalue weighted by Crippen LogP contribution is 2.16. The number of amides is 2. The zero-order chi connectivity index (χ0) is 14.0. The molecule has 2 amide bonds. The summed E-state index contributed by atoms with van der Waals surface area (Å²) in [5.74, 6) is -0.187. The molecule has 1 aliphatic heterocycles. The molecule has 0 bridgehead atoms. The van der Waals surface area contributed by atoms with E-state index < -0.39 is 11.8 Å². The van der Waals surface area contributed by atoms with Crippen molar-refractivity contribution >= 4 is 35.2 Å². The van der Waals surface area contributed by atoms with E-state index in [-0.39, 0.29) is 10.7 Å². The first-order valence-corrected chi connectivity index (χ1v) is 5.93. The molecule has 1 aromatic rings. The van der Waals surface area contributed by atoms with Crippen LogP contribution in [0.1, 0.15) is 5.56 Å². The SMILES string of the molecule is COc1ccc(/C=C2\C(=O)NC(=S)N(C)C2=O)cc1. The minimum absolute atomic E-state index is 0.0567. The summed E-state index contributed by atoms with van der Waals surface area (Å²) in [5.41, 5.74) is 0.793. The average molecular weight is 276 g/mol. The van der Waals surface area contributed by atoms with Gasteiger partial charge >= 0.3 is 0 Å². The van der Waals surface area contributed by atoms with Gasteiger partial charge in [0.15, 0.2) is 5.11 Å². The third-order valence-corrected chi connectivity index (χ3v) is 3.11. The van der Waals surface area contributed by atoms with Crippen LogP contribution in [-0.4, -0.2) is 36.0 Å². The second kappa shape index (κ2) is 5.19. The summed E-state index contributed by atoms with van der Waals surface area (Å²) in [5, 5.41) is 2.57. The lowest BCUT2D eigenvalue weighted by Crippen LogP contribution is -2.52. The first-order valence-electron chi connectivity index (χ1n) is 5.52. The average Bonchev–Trinajstić information content (AvgIpc) is 2.42. The molecule has 0 spiro atoms. The molecule has 0 radical (unpaired) electrons.